The molecule has 7 heteroatoms. The average molecular weight is 472 g/mol. The lowest BCUT2D eigenvalue weighted by molar-refractivity contribution is -0.132. The van der Waals surface area contributed by atoms with Crippen LogP contribution in [-0.4, -0.2) is 16.8 Å². The number of furan rings is 1. The molecule has 0 saturated carbocycles. The molecule has 1 atom stereocenters. The van der Waals surface area contributed by atoms with Gasteiger partial charge < -0.3 is 14.3 Å². The van der Waals surface area contributed by atoms with E-state index in [-0.39, 0.29) is 11.3 Å². The van der Waals surface area contributed by atoms with Gasteiger partial charge >= 0.3 is 0 Å². The van der Waals surface area contributed by atoms with E-state index in [1.807, 2.05) is 30.3 Å². The highest BCUT2D eigenvalue weighted by Crippen LogP contribution is 2.42. The zero-order valence-electron chi connectivity index (χ0n) is 17.7. The van der Waals surface area contributed by atoms with Crippen molar-refractivity contribution in [1.29, 1.82) is 0 Å². The van der Waals surface area contributed by atoms with Gasteiger partial charge in [0, 0.05) is 16.3 Å². The Kier molecular flexibility index (Phi) is 5.65. The molecule has 1 N–H and O–H groups in total. The van der Waals surface area contributed by atoms with E-state index in [2.05, 4.69) is 0 Å². The highest BCUT2D eigenvalue weighted by atomic mass is 35.5. The van der Waals surface area contributed by atoms with Crippen molar-refractivity contribution in [3.05, 3.63) is 119 Å². The Morgan fingerprint density at radius 2 is 1.53 bits per heavy atom. The van der Waals surface area contributed by atoms with Gasteiger partial charge in [-0.3, -0.25) is 14.5 Å². The largest absolute Gasteiger partial charge is 0.507 e. The number of hydrogen-bond donors (Lipinski definition) is 1. The molecule has 6 nitrogen and oxygen atoms in total. The Balaban J connectivity index is 1.55. The Morgan fingerprint density at radius 3 is 2.18 bits per heavy atom. The number of anilines is 1. The molecule has 34 heavy (non-hydrogen) atoms. The summed E-state index contributed by atoms with van der Waals surface area (Å²) in [5, 5.41) is 11.5. The van der Waals surface area contributed by atoms with Crippen molar-refractivity contribution >= 4 is 34.7 Å². The zero-order chi connectivity index (χ0) is 23.7. The monoisotopic (exact) mass is 471 g/mol. The summed E-state index contributed by atoms with van der Waals surface area (Å²) in [6.07, 6.45) is 1.45. The molecular formula is C27H18ClNO5. The number of aliphatic hydroxyl groups is 1. The van der Waals surface area contributed by atoms with Crippen LogP contribution in [0.15, 0.2) is 107 Å². The number of ketones is 1. The predicted octanol–water partition coefficient (Wildman–Crippen LogP) is 6.35. The SMILES string of the molecule is O=C1C(=O)N(c2ccc(Oc3ccccc3)cc2)C(c2ccco2)/C1=C(/O)c1ccc(Cl)cc1. The number of rotatable bonds is 5. The van der Waals surface area contributed by atoms with Gasteiger partial charge in [0.2, 0.25) is 0 Å². The third kappa shape index (κ3) is 3.95. The summed E-state index contributed by atoms with van der Waals surface area (Å²) in [5.74, 6) is -0.286. The van der Waals surface area contributed by atoms with Gasteiger partial charge in [-0.05, 0) is 72.8 Å². The molecule has 0 radical (unpaired) electrons. The fourth-order valence-corrected chi connectivity index (χ4v) is 4.00. The minimum absolute atomic E-state index is 0.0631. The van der Waals surface area contributed by atoms with E-state index in [1.165, 1.54) is 11.2 Å². The molecule has 4 aromatic rings. The lowest BCUT2D eigenvalue weighted by atomic mass is 9.99. The Labute approximate surface area is 200 Å². The maximum Gasteiger partial charge on any atom is 0.300 e. The standard InChI is InChI=1S/C27H18ClNO5/c28-18-10-8-17(9-11-18)25(30)23-24(22-7-4-16-33-22)29(27(32)26(23)31)19-12-14-21(15-13-19)34-20-5-2-1-3-6-20/h1-16,24,30H/b25-23-. The van der Waals surface area contributed by atoms with E-state index in [1.54, 1.807) is 60.7 Å². The molecule has 1 saturated heterocycles. The summed E-state index contributed by atoms with van der Waals surface area (Å²) in [7, 11) is 0. The van der Waals surface area contributed by atoms with Gasteiger partial charge in [-0.25, -0.2) is 0 Å². The number of hydrogen-bond acceptors (Lipinski definition) is 5. The number of ether oxygens (including phenoxy) is 1. The molecule has 1 unspecified atom stereocenters. The van der Waals surface area contributed by atoms with Crippen LogP contribution in [0, 0.1) is 0 Å². The molecule has 1 aromatic heterocycles. The predicted molar refractivity (Wildman–Crippen MR) is 128 cm³/mol. The Morgan fingerprint density at radius 1 is 0.853 bits per heavy atom. The number of para-hydroxylation sites is 1. The van der Waals surface area contributed by atoms with Crippen LogP contribution in [0.1, 0.15) is 17.4 Å². The van der Waals surface area contributed by atoms with Crippen LogP contribution in [0.25, 0.3) is 5.76 Å². The number of carbonyl (C=O) groups is 2. The van der Waals surface area contributed by atoms with E-state index in [0.717, 1.165) is 0 Å². The van der Waals surface area contributed by atoms with E-state index < -0.39 is 17.7 Å². The van der Waals surface area contributed by atoms with Gasteiger partial charge in [0.05, 0.1) is 11.8 Å². The number of nitrogens with zero attached hydrogens (tertiary/aromatic N) is 1. The molecule has 1 amide bonds. The van der Waals surface area contributed by atoms with E-state index in [4.69, 9.17) is 20.8 Å². The smallest absolute Gasteiger partial charge is 0.300 e. The third-order valence-electron chi connectivity index (χ3n) is 5.47. The fraction of sp³-hybridized carbons (Fsp3) is 0.0370. The van der Waals surface area contributed by atoms with Crippen LogP contribution < -0.4 is 9.64 Å². The quantitative estimate of drug-likeness (QED) is 0.208. The minimum atomic E-state index is -0.938. The number of amides is 1. The van der Waals surface area contributed by atoms with E-state index in [0.29, 0.717) is 33.5 Å². The minimum Gasteiger partial charge on any atom is -0.507 e. The van der Waals surface area contributed by atoms with Crippen LogP contribution in [0.4, 0.5) is 5.69 Å². The van der Waals surface area contributed by atoms with Crippen molar-refractivity contribution in [3.63, 3.8) is 0 Å². The van der Waals surface area contributed by atoms with Gasteiger partial charge in [-0.1, -0.05) is 29.8 Å². The van der Waals surface area contributed by atoms with Gasteiger partial charge in [0.25, 0.3) is 11.7 Å². The van der Waals surface area contributed by atoms with Crippen molar-refractivity contribution < 1.29 is 23.8 Å². The van der Waals surface area contributed by atoms with Crippen LogP contribution in [0.5, 0.6) is 11.5 Å². The first-order valence-electron chi connectivity index (χ1n) is 10.5. The van der Waals surface area contributed by atoms with Crippen LogP contribution >= 0.6 is 11.6 Å². The summed E-state index contributed by atoms with van der Waals surface area (Å²) >= 11 is 5.95. The number of halogens is 1. The second-order valence-corrected chi connectivity index (χ2v) is 8.04. The maximum absolute atomic E-state index is 13.1. The molecule has 5 rings (SSSR count). The normalized spacial score (nSPS) is 17.2. The maximum atomic E-state index is 13.1. The summed E-state index contributed by atoms with van der Waals surface area (Å²) in [4.78, 5) is 27.5. The van der Waals surface area contributed by atoms with Gasteiger partial charge in [0.15, 0.2) is 0 Å². The second-order valence-electron chi connectivity index (χ2n) is 7.60. The van der Waals surface area contributed by atoms with E-state index in [9.17, 15) is 14.7 Å². The highest BCUT2D eigenvalue weighted by molar-refractivity contribution is 6.51. The van der Waals surface area contributed by atoms with Crippen molar-refractivity contribution in [2.75, 3.05) is 4.90 Å². The molecule has 2 heterocycles. The molecule has 1 aliphatic rings. The zero-order valence-corrected chi connectivity index (χ0v) is 18.5. The number of carbonyl (C=O) groups excluding carboxylic acids is 2. The number of Topliss-reactive ketones (excluding diaryl/α,β-unsaturated/α-hetero) is 1. The summed E-state index contributed by atoms with van der Waals surface area (Å²) in [6.45, 7) is 0. The Bertz CT molecular complexity index is 1360. The van der Waals surface area contributed by atoms with Gasteiger partial charge in [0.1, 0.15) is 29.1 Å². The first-order valence-corrected chi connectivity index (χ1v) is 10.8. The van der Waals surface area contributed by atoms with Crippen LogP contribution in [-0.2, 0) is 9.59 Å². The second kappa shape index (κ2) is 8.92. The van der Waals surface area contributed by atoms with Gasteiger partial charge in [-0.15, -0.1) is 0 Å². The summed E-state index contributed by atoms with van der Waals surface area (Å²) < 4.78 is 11.4. The molecular weight excluding hydrogens is 454 g/mol. The third-order valence-corrected chi connectivity index (χ3v) is 5.72. The van der Waals surface area contributed by atoms with Crippen molar-refractivity contribution in [1.82, 2.24) is 0 Å². The van der Waals surface area contributed by atoms with Crippen molar-refractivity contribution in [3.8, 4) is 11.5 Å². The molecule has 1 aliphatic heterocycles. The molecule has 0 bridgehead atoms. The van der Waals surface area contributed by atoms with E-state index >= 15 is 0 Å². The number of aliphatic hydroxyl groups excluding tert-OH is 1. The molecule has 168 valence electrons. The van der Waals surface area contributed by atoms with Gasteiger partial charge in [-0.2, -0.15) is 0 Å². The topological polar surface area (TPSA) is 80.0 Å². The number of benzene rings is 3. The molecule has 0 aliphatic carbocycles. The molecule has 3 aromatic carbocycles. The Hall–Kier alpha value is -4.29. The summed E-state index contributed by atoms with van der Waals surface area (Å²) in [6, 6.07) is 24.8. The lowest BCUT2D eigenvalue weighted by Crippen LogP contribution is -2.29. The fourth-order valence-electron chi connectivity index (χ4n) is 3.88. The molecule has 1 fully saturated rings. The first-order chi connectivity index (χ1) is 16.5. The lowest BCUT2D eigenvalue weighted by Gasteiger charge is -2.23. The van der Waals surface area contributed by atoms with Crippen LogP contribution in [0.3, 0.4) is 0 Å². The first kappa shape index (κ1) is 21.6. The molecule has 0 spiro atoms. The summed E-state index contributed by atoms with van der Waals surface area (Å²) in [5.41, 5.74) is 0.761. The van der Waals surface area contributed by atoms with Crippen molar-refractivity contribution in [2.24, 2.45) is 0 Å². The van der Waals surface area contributed by atoms with Crippen LogP contribution in [0.2, 0.25) is 5.02 Å². The average Bonchev–Trinajstić information content (AvgIpc) is 3.47. The highest BCUT2D eigenvalue weighted by Gasteiger charge is 2.48. The van der Waals surface area contributed by atoms with Crippen molar-refractivity contribution in [2.45, 2.75) is 6.04 Å².